The van der Waals surface area contributed by atoms with Crippen molar-refractivity contribution in [2.45, 2.75) is 36.6 Å². The summed E-state index contributed by atoms with van der Waals surface area (Å²) < 4.78 is 22.6. The highest BCUT2D eigenvalue weighted by molar-refractivity contribution is 7.89. The van der Waals surface area contributed by atoms with Crippen LogP contribution < -0.4 is 10.1 Å². The summed E-state index contributed by atoms with van der Waals surface area (Å²) in [6, 6.07) is 6.72. The van der Waals surface area contributed by atoms with Gasteiger partial charge in [-0.3, -0.25) is 5.01 Å². The molecule has 3 N–H and O–H groups in total. The Balaban J connectivity index is 1.92. The Bertz CT molecular complexity index is 681. The lowest BCUT2D eigenvalue weighted by molar-refractivity contribution is 0.385. The molecule has 112 valence electrons. The SMILES string of the molecule is N=CC1=NN(c2ccc(S(N)(=O)=O)cc2)C2CCCCC12. The summed E-state index contributed by atoms with van der Waals surface area (Å²) in [4.78, 5) is 0.0990. The van der Waals surface area contributed by atoms with E-state index in [1.54, 1.807) is 12.1 Å². The Kier molecular flexibility index (Phi) is 3.54. The van der Waals surface area contributed by atoms with Crippen molar-refractivity contribution in [3.05, 3.63) is 24.3 Å². The van der Waals surface area contributed by atoms with Gasteiger partial charge in [0.15, 0.2) is 0 Å². The molecule has 2 atom stereocenters. The summed E-state index contributed by atoms with van der Waals surface area (Å²) in [5.41, 5.74) is 1.66. The number of benzene rings is 1. The van der Waals surface area contributed by atoms with Crippen LogP contribution in [-0.4, -0.2) is 26.4 Å². The summed E-state index contributed by atoms with van der Waals surface area (Å²) in [5.74, 6) is 0.314. The van der Waals surface area contributed by atoms with Crippen molar-refractivity contribution in [2.24, 2.45) is 16.2 Å². The van der Waals surface area contributed by atoms with Crippen molar-refractivity contribution >= 4 is 27.6 Å². The molecular formula is C14H18N4O2S. The molecule has 0 saturated heterocycles. The Morgan fingerprint density at radius 1 is 1.24 bits per heavy atom. The van der Waals surface area contributed by atoms with E-state index < -0.39 is 10.0 Å². The van der Waals surface area contributed by atoms with Gasteiger partial charge in [0, 0.05) is 12.1 Å². The highest BCUT2D eigenvalue weighted by Gasteiger charge is 2.38. The standard InChI is InChI=1S/C14H18N4O2S/c15-9-13-12-3-1-2-4-14(12)18(17-13)10-5-7-11(8-6-10)21(16,19)20/h5-9,12,14-15H,1-4H2,(H2,16,19,20). The Labute approximate surface area is 124 Å². The first kappa shape index (κ1) is 14.2. The number of fused-ring (bicyclic) bond motifs is 1. The fourth-order valence-corrected chi connectivity index (χ4v) is 3.71. The quantitative estimate of drug-likeness (QED) is 0.831. The van der Waals surface area contributed by atoms with Gasteiger partial charge in [-0.2, -0.15) is 5.10 Å². The number of nitrogens with two attached hydrogens (primary N) is 1. The average Bonchev–Trinajstić information content (AvgIpc) is 2.85. The normalized spacial score (nSPS) is 25.4. The third kappa shape index (κ3) is 2.58. The number of sulfonamides is 1. The zero-order chi connectivity index (χ0) is 15.0. The van der Waals surface area contributed by atoms with E-state index in [0.29, 0.717) is 5.92 Å². The van der Waals surface area contributed by atoms with Crippen molar-refractivity contribution in [2.75, 3.05) is 5.01 Å². The molecule has 0 spiro atoms. The van der Waals surface area contributed by atoms with Gasteiger partial charge in [-0.15, -0.1) is 0 Å². The van der Waals surface area contributed by atoms with E-state index >= 15 is 0 Å². The molecule has 1 aromatic rings. The van der Waals surface area contributed by atoms with Gasteiger partial charge in [0.05, 0.1) is 22.3 Å². The van der Waals surface area contributed by atoms with Crippen molar-refractivity contribution < 1.29 is 8.42 Å². The van der Waals surface area contributed by atoms with E-state index in [1.165, 1.54) is 24.8 Å². The number of nitrogens with zero attached hydrogens (tertiary/aromatic N) is 2. The number of rotatable bonds is 3. The molecule has 0 radical (unpaired) electrons. The van der Waals surface area contributed by atoms with Crippen molar-refractivity contribution in [1.29, 1.82) is 5.41 Å². The molecule has 1 fully saturated rings. The van der Waals surface area contributed by atoms with Crippen LogP contribution in [0.25, 0.3) is 0 Å². The lowest BCUT2D eigenvalue weighted by Crippen LogP contribution is -2.36. The van der Waals surface area contributed by atoms with Crippen LogP contribution in [0.5, 0.6) is 0 Å². The smallest absolute Gasteiger partial charge is 0.238 e. The van der Waals surface area contributed by atoms with Crippen molar-refractivity contribution in [3.63, 3.8) is 0 Å². The monoisotopic (exact) mass is 306 g/mol. The molecule has 1 heterocycles. The van der Waals surface area contributed by atoms with Crippen LogP contribution in [0.4, 0.5) is 5.69 Å². The zero-order valence-electron chi connectivity index (χ0n) is 11.6. The first-order valence-electron chi connectivity index (χ1n) is 7.02. The fourth-order valence-electron chi connectivity index (χ4n) is 3.20. The lowest BCUT2D eigenvalue weighted by atomic mass is 9.82. The molecule has 21 heavy (non-hydrogen) atoms. The minimum absolute atomic E-state index is 0.0990. The van der Waals surface area contributed by atoms with Gasteiger partial charge in [0.1, 0.15) is 0 Å². The molecule has 2 aliphatic rings. The molecule has 0 amide bonds. The van der Waals surface area contributed by atoms with E-state index in [4.69, 9.17) is 10.5 Å². The summed E-state index contributed by atoms with van der Waals surface area (Å²) in [6.45, 7) is 0. The third-order valence-corrected chi connectivity index (χ3v) is 5.15. The minimum Gasteiger partial charge on any atom is -0.307 e. The second-order valence-corrected chi connectivity index (χ2v) is 7.07. The molecule has 0 bridgehead atoms. The first-order valence-corrected chi connectivity index (χ1v) is 8.56. The van der Waals surface area contributed by atoms with Crippen LogP contribution in [0.1, 0.15) is 25.7 Å². The maximum atomic E-state index is 11.3. The summed E-state index contributed by atoms with van der Waals surface area (Å²) in [5, 5.41) is 19.1. The lowest BCUT2D eigenvalue weighted by Gasteiger charge is -2.31. The predicted molar refractivity (Wildman–Crippen MR) is 82.3 cm³/mol. The van der Waals surface area contributed by atoms with Crippen LogP contribution >= 0.6 is 0 Å². The Morgan fingerprint density at radius 3 is 2.52 bits per heavy atom. The summed E-state index contributed by atoms with van der Waals surface area (Å²) in [6.07, 6.45) is 5.77. The number of nitrogens with one attached hydrogen (secondary N) is 1. The topological polar surface area (TPSA) is 99.6 Å². The van der Waals surface area contributed by atoms with Gasteiger partial charge in [-0.1, -0.05) is 12.8 Å². The summed E-state index contributed by atoms with van der Waals surface area (Å²) >= 11 is 0. The third-order valence-electron chi connectivity index (χ3n) is 4.22. The number of hydrazone groups is 1. The van der Waals surface area contributed by atoms with E-state index in [-0.39, 0.29) is 10.9 Å². The largest absolute Gasteiger partial charge is 0.307 e. The average molecular weight is 306 g/mol. The summed E-state index contributed by atoms with van der Waals surface area (Å²) in [7, 11) is -3.67. The van der Waals surface area contributed by atoms with Crippen LogP contribution in [-0.2, 0) is 10.0 Å². The molecular weight excluding hydrogens is 288 g/mol. The molecule has 1 saturated carbocycles. The van der Waals surface area contributed by atoms with Crippen LogP contribution in [0, 0.1) is 11.3 Å². The fraction of sp³-hybridized carbons (Fsp3) is 0.429. The Morgan fingerprint density at radius 2 is 1.90 bits per heavy atom. The van der Waals surface area contributed by atoms with Gasteiger partial charge < -0.3 is 5.41 Å². The van der Waals surface area contributed by atoms with Gasteiger partial charge in [0.25, 0.3) is 0 Å². The highest BCUT2D eigenvalue weighted by atomic mass is 32.2. The van der Waals surface area contributed by atoms with Crippen molar-refractivity contribution in [1.82, 2.24) is 0 Å². The predicted octanol–water partition coefficient (Wildman–Crippen LogP) is 1.72. The second kappa shape index (κ2) is 5.23. The van der Waals surface area contributed by atoms with E-state index in [0.717, 1.165) is 30.7 Å². The molecule has 3 rings (SSSR count). The van der Waals surface area contributed by atoms with Gasteiger partial charge in [-0.25, -0.2) is 13.6 Å². The van der Waals surface area contributed by atoms with E-state index in [9.17, 15) is 8.42 Å². The number of anilines is 1. The molecule has 2 unspecified atom stereocenters. The number of primary sulfonamides is 1. The molecule has 1 aliphatic carbocycles. The van der Waals surface area contributed by atoms with Gasteiger partial charge in [0.2, 0.25) is 10.0 Å². The highest BCUT2D eigenvalue weighted by Crippen LogP contribution is 2.37. The maximum absolute atomic E-state index is 11.3. The minimum atomic E-state index is -3.67. The van der Waals surface area contributed by atoms with E-state index in [1.807, 2.05) is 5.01 Å². The maximum Gasteiger partial charge on any atom is 0.238 e. The number of hydrogen-bond donors (Lipinski definition) is 2. The molecule has 1 aliphatic heterocycles. The van der Waals surface area contributed by atoms with Gasteiger partial charge in [-0.05, 0) is 37.1 Å². The molecule has 1 aromatic carbocycles. The Hall–Kier alpha value is -1.73. The van der Waals surface area contributed by atoms with Crippen molar-refractivity contribution in [3.8, 4) is 0 Å². The van der Waals surface area contributed by atoms with Gasteiger partial charge >= 0.3 is 0 Å². The zero-order valence-corrected chi connectivity index (χ0v) is 12.4. The first-order chi connectivity index (χ1) is 10.0. The second-order valence-electron chi connectivity index (χ2n) is 5.51. The molecule has 6 nitrogen and oxygen atoms in total. The van der Waals surface area contributed by atoms with E-state index in [2.05, 4.69) is 5.10 Å². The van der Waals surface area contributed by atoms with Crippen LogP contribution in [0.2, 0.25) is 0 Å². The van der Waals surface area contributed by atoms with Crippen LogP contribution in [0.3, 0.4) is 0 Å². The van der Waals surface area contributed by atoms with Crippen LogP contribution in [0.15, 0.2) is 34.3 Å². The molecule has 0 aromatic heterocycles. The molecule has 7 heteroatoms. The number of hydrogen-bond acceptors (Lipinski definition) is 5.